The van der Waals surface area contributed by atoms with Crippen LogP contribution in [0.2, 0.25) is 0 Å². The fraction of sp³-hybridized carbons (Fsp3) is 0.231. The van der Waals surface area contributed by atoms with Gasteiger partial charge in [-0.3, -0.25) is 0 Å². The fourth-order valence-electron chi connectivity index (χ4n) is 1.53. The Morgan fingerprint density at radius 1 is 1.11 bits per heavy atom. The molecule has 0 unspecified atom stereocenters. The van der Waals surface area contributed by atoms with E-state index in [0.29, 0.717) is 6.54 Å². The van der Waals surface area contributed by atoms with E-state index in [9.17, 15) is 0 Å². The van der Waals surface area contributed by atoms with Gasteiger partial charge in [0, 0.05) is 19.7 Å². The van der Waals surface area contributed by atoms with Gasteiger partial charge in [0.2, 0.25) is 0 Å². The molecule has 0 aliphatic carbocycles. The Morgan fingerprint density at radius 2 is 1.83 bits per heavy atom. The summed E-state index contributed by atoms with van der Waals surface area (Å²) >= 11 is 0. The van der Waals surface area contributed by atoms with Crippen LogP contribution < -0.4 is 15.4 Å². The highest BCUT2D eigenvalue weighted by atomic mass is 16.5. The van der Waals surface area contributed by atoms with E-state index >= 15 is 0 Å². The van der Waals surface area contributed by atoms with Crippen LogP contribution in [0.25, 0.3) is 0 Å². The van der Waals surface area contributed by atoms with E-state index in [-0.39, 0.29) is 0 Å². The molecule has 0 aliphatic rings. The first kappa shape index (κ1) is 12.2. The maximum Gasteiger partial charge on any atom is 0.131 e. The zero-order valence-electron chi connectivity index (χ0n) is 10.5. The summed E-state index contributed by atoms with van der Waals surface area (Å²) < 4.78 is 5.11. The van der Waals surface area contributed by atoms with E-state index < -0.39 is 0 Å². The summed E-state index contributed by atoms with van der Waals surface area (Å²) in [4.78, 5) is 8.21. The second kappa shape index (κ2) is 5.86. The lowest BCUT2D eigenvalue weighted by atomic mass is 10.2. The van der Waals surface area contributed by atoms with E-state index in [1.165, 1.54) is 11.9 Å². The third-order valence-corrected chi connectivity index (χ3v) is 2.56. The van der Waals surface area contributed by atoms with E-state index in [1.54, 1.807) is 7.11 Å². The molecule has 1 aromatic carbocycles. The molecular weight excluding hydrogens is 228 g/mol. The third-order valence-electron chi connectivity index (χ3n) is 2.56. The molecule has 0 saturated heterocycles. The smallest absolute Gasteiger partial charge is 0.131 e. The minimum atomic E-state index is 0.712. The number of methoxy groups -OCH3 is 1. The molecule has 5 nitrogen and oxygen atoms in total. The Labute approximate surface area is 106 Å². The number of hydrogen-bond acceptors (Lipinski definition) is 5. The summed E-state index contributed by atoms with van der Waals surface area (Å²) in [6.07, 6.45) is 1.53. The predicted octanol–water partition coefficient (Wildman–Crippen LogP) is 2.14. The molecule has 0 bridgehead atoms. The number of benzene rings is 1. The van der Waals surface area contributed by atoms with Crippen molar-refractivity contribution in [2.45, 2.75) is 6.54 Å². The Bertz CT molecular complexity index is 499. The van der Waals surface area contributed by atoms with Crippen LogP contribution in [0.4, 0.5) is 11.6 Å². The number of nitrogens with zero attached hydrogens (tertiary/aromatic N) is 2. The quantitative estimate of drug-likeness (QED) is 0.843. The van der Waals surface area contributed by atoms with E-state index in [1.807, 2.05) is 37.4 Å². The van der Waals surface area contributed by atoms with Gasteiger partial charge in [0.05, 0.1) is 7.11 Å². The van der Waals surface area contributed by atoms with Crippen LogP contribution in [0.5, 0.6) is 5.75 Å². The average molecular weight is 244 g/mol. The van der Waals surface area contributed by atoms with Gasteiger partial charge in [-0.05, 0) is 17.7 Å². The fourth-order valence-corrected chi connectivity index (χ4v) is 1.53. The molecule has 2 rings (SSSR count). The lowest BCUT2D eigenvalue weighted by Gasteiger charge is -2.07. The van der Waals surface area contributed by atoms with Gasteiger partial charge in [0.15, 0.2) is 0 Å². The first-order valence-corrected chi connectivity index (χ1v) is 5.68. The van der Waals surface area contributed by atoms with Crippen molar-refractivity contribution in [2.75, 3.05) is 24.8 Å². The van der Waals surface area contributed by atoms with Crippen molar-refractivity contribution in [2.24, 2.45) is 0 Å². The van der Waals surface area contributed by atoms with Gasteiger partial charge in [-0.25, -0.2) is 9.97 Å². The maximum absolute atomic E-state index is 5.11. The lowest BCUT2D eigenvalue weighted by molar-refractivity contribution is 0.414. The highest BCUT2D eigenvalue weighted by molar-refractivity contribution is 5.46. The Kier molecular flexibility index (Phi) is 3.96. The number of anilines is 2. The summed E-state index contributed by atoms with van der Waals surface area (Å²) in [6.45, 7) is 0.712. The van der Waals surface area contributed by atoms with Crippen LogP contribution in [0.3, 0.4) is 0 Å². The van der Waals surface area contributed by atoms with Crippen molar-refractivity contribution in [1.82, 2.24) is 9.97 Å². The molecule has 0 aliphatic heterocycles. The van der Waals surface area contributed by atoms with Crippen LogP contribution in [0, 0.1) is 0 Å². The third kappa shape index (κ3) is 3.10. The van der Waals surface area contributed by atoms with Gasteiger partial charge >= 0.3 is 0 Å². The summed E-state index contributed by atoms with van der Waals surface area (Å²) in [5.74, 6) is 2.45. The number of nitrogens with one attached hydrogen (secondary N) is 2. The SMILES string of the molecule is CNc1cc(NCc2ccc(OC)cc2)ncn1. The molecule has 2 N–H and O–H groups in total. The van der Waals surface area contributed by atoms with Crippen LogP contribution >= 0.6 is 0 Å². The lowest BCUT2D eigenvalue weighted by Crippen LogP contribution is -2.03. The van der Waals surface area contributed by atoms with Crippen LogP contribution in [-0.4, -0.2) is 24.1 Å². The van der Waals surface area contributed by atoms with E-state index in [4.69, 9.17) is 4.74 Å². The van der Waals surface area contributed by atoms with Gasteiger partial charge in [-0.15, -0.1) is 0 Å². The second-order valence-corrected chi connectivity index (χ2v) is 3.74. The molecule has 0 amide bonds. The van der Waals surface area contributed by atoms with Crippen molar-refractivity contribution in [3.63, 3.8) is 0 Å². The molecule has 0 atom stereocenters. The van der Waals surface area contributed by atoms with E-state index in [0.717, 1.165) is 17.4 Å². The Hall–Kier alpha value is -2.30. The zero-order valence-corrected chi connectivity index (χ0v) is 10.5. The summed E-state index contributed by atoms with van der Waals surface area (Å²) in [5, 5.41) is 6.21. The van der Waals surface area contributed by atoms with Crippen molar-refractivity contribution < 1.29 is 4.74 Å². The van der Waals surface area contributed by atoms with Gasteiger partial charge in [0.25, 0.3) is 0 Å². The molecule has 1 aromatic heterocycles. The molecule has 2 aromatic rings. The number of rotatable bonds is 5. The number of hydrogen-bond donors (Lipinski definition) is 2. The number of ether oxygens (including phenoxy) is 1. The van der Waals surface area contributed by atoms with Gasteiger partial charge < -0.3 is 15.4 Å². The number of aromatic nitrogens is 2. The van der Waals surface area contributed by atoms with E-state index in [2.05, 4.69) is 20.6 Å². The first-order valence-electron chi connectivity index (χ1n) is 5.68. The van der Waals surface area contributed by atoms with Crippen LogP contribution in [0.15, 0.2) is 36.7 Å². The molecular formula is C13H16N4O. The van der Waals surface area contributed by atoms with Gasteiger partial charge in [-0.1, -0.05) is 12.1 Å². The highest BCUT2D eigenvalue weighted by Gasteiger charge is 1.98. The minimum absolute atomic E-state index is 0.712. The molecule has 0 saturated carbocycles. The minimum Gasteiger partial charge on any atom is -0.497 e. The standard InChI is InChI=1S/C13H16N4O/c1-14-12-7-13(17-9-16-12)15-8-10-3-5-11(18-2)6-4-10/h3-7,9H,8H2,1-2H3,(H2,14,15,16,17). The monoisotopic (exact) mass is 244 g/mol. The molecule has 1 heterocycles. The van der Waals surface area contributed by atoms with Gasteiger partial charge in [-0.2, -0.15) is 0 Å². The largest absolute Gasteiger partial charge is 0.497 e. The summed E-state index contributed by atoms with van der Waals surface area (Å²) in [5.41, 5.74) is 1.17. The molecule has 0 radical (unpaired) electrons. The van der Waals surface area contributed by atoms with Gasteiger partial charge in [0.1, 0.15) is 23.7 Å². The van der Waals surface area contributed by atoms with Crippen LogP contribution in [-0.2, 0) is 6.54 Å². The van der Waals surface area contributed by atoms with Crippen molar-refractivity contribution >= 4 is 11.6 Å². The topological polar surface area (TPSA) is 59.1 Å². The molecule has 5 heteroatoms. The average Bonchev–Trinajstić information content (AvgIpc) is 2.46. The summed E-state index contributed by atoms with van der Waals surface area (Å²) in [7, 11) is 3.49. The van der Waals surface area contributed by atoms with Crippen molar-refractivity contribution in [3.8, 4) is 5.75 Å². The van der Waals surface area contributed by atoms with Crippen LogP contribution in [0.1, 0.15) is 5.56 Å². The second-order valence-electron chi connectivity index (χ2n) is 3.74. The molecule has 18 heavy (non-hydrogen) atoms. The normalized spacial score (nSPS) is 9.89. The van der Waals surface area contributed by atoms with Crippen molar-refractivity contribution in [3.05, 3.63) is 42.2 Å². The highest BCUT2D eigenvalue weighted by Crippen LogP contribution is 2.13. The van der Waals surface area contributed by atoms with Crippen molar-refractivity contribution in [1.29, 1.82) is 0 Å². The predicted molar refractivity (Wildman–Crippen MR) is 71.9 cm³/mol. The Balaban J connectivity index is 1.97. The first-order chi connectivity index (χ1) is 8.81. The maximum atomic E-state index is 5.11. The molecule has 0 fully saturated rings. The summed E-state index contributed by atoms with van der Waals surface area (Å²) in [6, 6.07) is 9.79. The Morgan fingerprint density at radius 3 is 2.50 bits per heavy atom. The molecule has 94 valence electrons. The zero-order chi connectivity index (χ0) is 12.8. The molecule has 0 spiro atoms.